The molecule has 7 nitrogen and oxygen atoms in total. The number of pyridine rings is 1. The van der Waals surface area contributed by atoms with Gasteiger partial charge in [-0.3, -0.25) is 9.69 Å². The average molecular weight is 508 g/mol. The van der Waals surface area contributed by atoms with E-state index in [-0.39, 0.29) is 12.4 Å². The van der Waals surface area contributed by atoms with E-state index in [0.717, 1.165) is 43.6 Å². The molecule has 1 aliphatic heterocycles. The van der Waals surface area contributed by atoms with Crippen LogP contribution in [0.25, 0.3) is 11.3 Å². The molecule has 36 heavy (non-hydrogen) atoms. The number of aromatic amines is 1. The van der Waals surface area contributed by atoms with E-state index in [0.29, 0.717) is 35.6 Å². The van der Waals surface area contributed by atoms with Gasteiger partial charge in [0.1, 0.15) is 5.75 Å². The van der Waals surface area contributed by atoms with Crippen molar-refractivity contribution in [1.29, 1.82) is 0 Å². The van der Waals surface area contributed by atoms with Gasteiger partial charge in [0.05, 0.1) is 5.69 Å². The molecule has 0 radical (unpaired) electrons. The monoisotopic (exact) mass is 507 g/mol. The van der Waals surface area contributed by atoms with E-state index in [9.17, 15) is 19.8 Å². The van der Waals surface area contributed by atoms with Crippen LogP contribution in [0.3, 0.4) is 0 Å². The first-order valence-corrected chi connectivity index (χ1v) is 12.3. The molecule has 188 valence electrons. The summed E-state index contributed by atoms with van der Waals surface area (Å²) in [6.45, 7) is 3.07. The number of fused-ring (bicyclic) bond motifs is 4. The van der Waals surface area contributed by atoms with E-state index in [4.69, 9.17) is 0 Å². The van der Waals surface area contributed by atoms with E-state index in [2.05, 4.69) is 64.3 Å². The fraction of sp³-hybridized carbons (Fsp3) is 0.357. The van der Waals surface area contributed by atoms with Gasteiger partial charge < -0.3 is 20.1 Å². The number of carbonyl (C=O) groups is 1. The van der Waals surface area contributed by atoms with Gasteiger partial charge in [-0.2, -0.15) is 0 Å². The Labute approximate surface area is 215 Å². The van der Waals surface area contributed by atoms with Gasteiger partial charge in [0, 0.05) is 42.5 Å². The van der Waals surface area contributed by atoms with Crippen LogP contribution in [0.15, 0.2) is 53.3 Å². The molecule has 0 amide bonds. The van der Waals surface area contributed by atoms with E-state index >= 15 is 0 Å². The molecule has 1 saturated carbocycles. The van der Waals surface area contributed by atoms with Crippen molar-refractivity contribution in [2.24, 2.45) is 11.8 Å². The lowest BCUT2D eigenvalue weighted by Gasteiger charge is -2.26. The highest BCUT2D eigenvalue weighted by Gasteiger charge is 2.57. The van der Waals surface area contributed by atoms with Crippen molar-refractivity contribution in [2.75, 3.05) is 25.0 Å². The number of hydrogen-bond acceptors (Lipinski definition) is 5. The number of hydrogen-bond donors (Lipinski definition) is 3. The zero-order chi connectivity index (χ0) is 24.3. The number of aryl methyl sites for hydroxylation is 1. The van der Waals surface area contributed by atoms with Crippen LogP contribution in [0.1, 0.15) is 33.5 Å². The van der Waals surface area contributed by atoms with Gasteiger partial charge >= 0.3 is 5.97 Å². The Morgan fingerprint density at radius 3 is 2.53 bits per heavy atom. The van der Waals surface area contributed by atoms with E-state index in [1.165, 1.54) is 11.3 Å². The molecule has 2 fully saturated rings. The zero-order valence-electron chi connectivity index (χ0n) is 20.1. The highest BCUT2D eigenvalue weighted by Crippen LogP contribution is 2.50. The molecular formula is C28H30ClN3O4. The quantitative estimate of drug-likeness (QED) is 0.484. The third-order valence-corrected chi connectivity index (χ3v) is 8.03. The first kappa shape index (κ1) is 24.4. The van der Waals surface area contributed by atoms with Gasteiger partial charge in [-0.1, -0.05) is 36.4 Å². The first-order valence-electron chi connectivity index (χ1n) is 12.3. The van der Waals surface area contributed by atoms with Gasteiger partial charge in [0.15, 0.2) is 5.56 Å². The molecule has 8 heteroatoms. The van der Waals surface area contributed by atoms with Crippen molar-refractivity contribution in [3.8, 4) is 17.0 Å². The number of nitrogens with zero attached hydrogens (tertiary/aromatic N) is 2. The summed E-state index contributed by atoms with van der Waals surface area (Å²) in [6, 6.07) is 17.5. The fourth-order valence-electron chi connectivity index (χ4n) is 6.32. The normalized spacial score (nSPS) is 21.7. The van der Waals surface area contributed by atoms with E-state index in [1.54, 1.807) is 0 Å². The number of aromatic carboxylic acids is 1. The molecule has 2 aromatic carbocycles. The van der Waals surface area contributed by atoms with Gasteiger partial charge in [0.2, 0.25) is 0 Å². The van der Waals surface area contributed by atoms with Crippen LogP contribution in [-0.4, -0.2) is 52.2 Å². The lowest BCUT2D eigenvalue weighted by Crippen LogP contribution is -2.32. The molecule has 3 atom stereocenters. The molecule has 1 saturated heterocycles. The van der Waals surface area contributed by atoms with Crippen LogP contribution in [0.2, 0.25) is 0 Å². The fourth-order valence-corrected chi connectivity index (χ4v) is 6.32. The highest BCUT2D eigenvalue weighted by atomic mass is 35.5. The van der Waals surface area contributed by atoms with Crippen molar-refractivity contribution in [2.45, 2.75) is 31.8 Å². The van der Waals surface area contributed by atoms with Crippen molar-refractivity contribution >= 4 is 24.1 Å². The third-order valence-electron chi connectivity index (χ3n) is 8.03. The average Bonchev–Trinajstić information content (AvgIpc) is 3.41. The smallest absolute Gasteiger partial charge is 0.345 e. The summed E-state index contributed by atoms with van der Waals surface area (Å²) < 4.78 is 0. The summed E-state index contributed by atoms with van der Waals surface area (Å²) >= 11 is 0. The van der Waals surface area contributed by atoms with Crippen LogP contribution in [0, 0.1) is 11.8 Å². The number of aromatic nitrogens is 1. The number of rotatable bonds is 5. The number of carboxylic acids is 1. The molecule has 3 aliphatic rings. The van der Waals surface area contributed by atoms with Gasteiger partial charge in [0.25, 0.3) is 5.56 Å². The van der Waals surface area contributed by atoms with Gasteiger partial charge in [-0.15, -0.1) is 12.4 Å². The number of aromatic hydroxyl groups is 1. The molecule has 6 rings (SSSR count). The number of anilines is 1. The van der Waals surface area contributed by atoms with Gasteiger partial charge in [-0.25, -0.2) is 4.79 Å². The predicted octanol–water partition coefficient (Wildman–Crippen LogP) is 3.92. The summed E-state index contributed by atoms with van der Waals surface area (Å²) in [5.74, 6) is -0.442. The highest BCUT2D eigenvalue weighted by molar-refractivity contribution is 5.92. The molecule has 0 unspecified atom stereocenters. The molecule has 2 heterocycles. The second kappa shape index (κ2) is 9.30. The Bertz CT molecular complexity index is 1360. The molecule has 2 aliphatic carbocycles. The standard InChI is InChI=1S/C28H29N3O4.ClH/c1-30(13-16-6-3-2-4-7-16)25-21-14-31(15-22(21)25)18-10-11-19-17(12-18)8-5-9-20-24(19)29-27(33)23(26(20)32)28(34)35;/h2-4,6-7,10-12,21-22,25H,5,8-9,13-15H2,1H3,(H,34,35)(H2,29,32,33);1H/t21-,22+,25+;. The number of H-pyrrole nitrogens is 1. The Balaban J connectivity index is 0.00000267. The number of halogens is 1. The Morgan fingerprint density at radius 1 is 1.11 bits per heavy atom. The second-order valence-electron chi connectivity index (χ2n) is 10.2. The number of piperidine rings is 1. The maximum atomic E-state index is 12.4. The van der Waals surface area contributed by atoms with Crippen LogP contribution in [0.5, 0.6) is 5.75 Å². The second-order valence-corrected chi connectivity index (χ2v) is 10.2. The lowest BCUT2D eigenvalue weighted by molar-refractivity contribution is 0.0691. The zero-order valence-corrected chi connectivity index (χ0v) is 20.9. The Kier molecular flexibility index (Phi) is 6.30. The third kappa shape index (κ3) is 4.06. The lowest BCUT2D eigenvalue weighted by atomic mass is 9.99. The maximum Gasteiger partial charge on any atom is 0.345 e. The summed E-state index contributed by atoms with van der Waals surface area (Å²) in [7, 11) is 2.23. The minimum Gasteiger partial charge on any atom is -0.506 e. The van der Waals surface area contributed by atoms with Crippen LogP contribution >= 0.6 is 12.4 Å². The predicted molar refractivity (Wildman–Crippen MR) is 141 cm³/mol. The van der Waals surface area contributed by atoms with Crippen molar-refractivity contribution in [3.63, 3.8) is 0 Å². The molecular weight excluding hydrogens is 478 g/mol. The number of benzene rings is 2. The Hall–Kier alpha value is -3.29. The van der Waals surface area contributed by atoms with E-state index < -0.39 is 22.8 Å². The minimum absolute atomic E-state index is 0. The van der Waals surface area contributed by atoms with Crippen molar-refractivity contribution < 1.29 is 15.0 Å². The molecule has 3 N–H and O–H groups in total. The number of nitrogens with one attached hydrogen (secondary N) is 1. The van der Waals surface area contributed by atoms with Crippen LogP contribution in [0.4, 0.5) is 5.69 Å². The summed E-state index contributed by atoms with van der Waals surface area (Å²) in [6.07, 6.45) is 2.11. The maximum absolute atomic E-state index is 12.4. The largest absolute Gasteiger partial charge is 0.506 e. The summed E-state index contributed by atoms with van der Waals surface area (Å²) in [5, 5.41) is 19.9. The van der Waals surface area contributed by atoms with Crippen molar-refractivity contribution in [1.82, 2.24) is 9.88 Å². The summed E-state index contributed by atoms with van der Waals surface area (Å²) in [5.41, 5.74) is 4.25. The SMILES string of the molecule is CN(Cc1ccccc1)[C@H]1[C@@H]2CN(c3ccc4c(c3)CCCc3c-4[nH]c(=O)c(C(=O)O)c3O)C[C@@H]21.Cl. The van der Waals surface area contributed by atoms with E-state index in [1.807, 2.05) is 6.07 Å². The molecule has 3 aromatic rings. The molecule has 1 aromatic heterocycles. The number of carboxylic acid groups (broad SMARTS) is 1. The minimum atomic E-state index is -1.41. The first-order chi connectivity index (χ1) is 16.9. The summed E-state index contributed by atoms with van der Waals surface area (Å²) in [4.78, 5) is 31.5. The molecule has 0 spiro atoms. The Morgan fingerprint density at radius 2 is 1.83 bits per heavy atom. The van der Waals surface area contributed by atoms with Gasteiger partial charge in [-0.05, 0) is 61.4 Å². The van der Waals surface area contributed by atoms with Crippen LogP contribution < -0.4 is 10.5 Å². The van der Waals surface area contributed by atoms with Crippen LogP contribution in [-0.2, 0) is 19.4 Å². The molecule has 0 bridgehead atoms. The topological polar surface area (TPSA) is 96.9 Å². The van der Waals surface area contributed by atoms with Crippen molar-refractivity contribution in [3.05, 3.63) is 81.1 Å².